The maximum Gasteiger partial charge on any atom is 0.216 e. The summed E-state index contributed by atoms with van der Waals surface area (Å²) in [6.45, 7) is 11.8. The second-order valence-electron chi connectivity index (χ2n) is 8.86. The first-order valence-corrected chi connectivity index (χ1v) is 9.53. The van der Waals surface area contributed by atoms with Crippen LogP contribution in [-0.4, -0.2) is 0 Å². The summed E-state index contributed by atoms with van der Waals surface area (Å²) in [4.78, 5) is 0. The SMILES string of the molecule is Cc1ccc2c(c1)C1(C)c3c-2ccc(C)c3-c2c(ccc[n+]2C)C1(C)C. The maximum absolute atomic E-state index is 2.47. The normalized spacial score (nSPS) is 21.2. The van der Waals surface area contributed by atoms with Crippen LogP contribution in [0.3, 0.4) is 0 Å². The summed E-state index contributed by atoms with van der Waals surface area (Å²) < 4.78 is 2.31. The lowest BCUT2D eigenvalue weighted by atomic mass is 9.54. The Bertz CT molecular complexity index is 1100. The molecule has 0 spiro atoms. The average molecular weight is 340 g/mol. The van der Waals surface area contributed by atoms with Gasteiger partial charge in [0.2, 0.25) is 5.69 Å². The van der Waals surface area contributed by atoms with Gasteiger partial charge in [0.05, 0.1) is 5.56 Å². The van der Waals surface area contributed by atoms with Crippen LogP contribution in [0.15, 0.2) is 48.7 Å². The summed E-state index contributed by atoms with van der Waals surface area (Å²) in [6.07, 6.45) is 2.18. The lowest BCUT2D eigenvalue weighted by Crippen LogP contribution is -2.49. The lowest BCUT2D eigenvalue weighted by Gasteiger charge is -2.47. The maximum atomic E-state index is 2.47. The molecule has 1 heterocycles. The van der Waals surface area contributed by atoms with Gasteiger partial charge in [-0.15, -0.1) is 0 Å². The van der Waals surface area contributed by atoms with Crippen LogP contribution in [0.1, 0.15) is 48.6 Å². The van der Waals surface area contributed by atoms with E-state index in [0.717, 1.165) is 0 Å². The minimum Gasteiger partial charge on any atom is -0.201 e. The van der Waals surface area contributed by atoms with Crippen molar-refractivity contribution in [3.8, 4) is 22.4 Å². The van der Waals surface area contributed by atoms with E-state index >= 15 is 0 Å². The van der Waals surface area contributed by atoms with Gasteiger partial charge >= 0.3 is 0 Å². The van der Waals surface area contributed by atoms with E-state index in [4.69, 9.17) is 0 Å². The molecule has 0 radical (unpaired) electrons. The second-order valence-corrected chi connectivity index (χ2v) is 8.86. The van der Waals surface area contributed by atoms with Crippen molar-refractivity contribution in [2.24, 2.45) is 7.05 Å². The fraction of sp³-hybridized carbons (Fsp3) is 0.320. The first-order valence-electron chi connectivity index (χ1n) is 9.53. The van der Waals surface area contributed by atoms with Crippen LogP contribution in [0.4, 0.5) is 0 Å². The Morgan fingerprint density at radius 1 is 0.846 bits per heavy atom. The van der Waals surface area contributed by atoms with Gasteiger partial charge in [0, 0.05) is 22.5 Å². The van der Waals surface area contributed by atoms with Crippen LogP contribution in [0, 0.1) is 13.8 Å². The topological polar surface area (TPSA) is 3.88 Å². The zero-order valence-corrected chi connectivity index (χ0v) is 16.6. The Morgan fingerprint density at radius 2 is 1.58 bits per heavy atom. The van der Waals surface area contributed by atoms with Gasteiger partial charge in [-0.05, 0) is 47.7 Å². The molecular weight excluding hydrogens is 314 g/mol. The van der Waals surface area contributed by atoms with Gasteiger partial charge in [0.15, 0.2) is 6.20 Å². The van der Waals surface area contributed by atoms with E-state index in [1.807, 2.05) is 0 Å². The highest BCUT2D eigenvalue weighted by atomic mass is 14.9. The van der Waals surface area contributed by atoms with Crippen molar-refractivity contribution in [1.29, 1.82) is 0 Å². The standard InChI is InChI=1S/C25H26N/c1-15-9-11-17-18-12-10-16(2)21-22(18)25(5,20(17)14-15)24(3,4)19-8-7-13-26(6)23(19)21/h7-14H,1-6H3/q+1. The van der Waals surface area contributed by atoms with E-state index in [-0.39, 0.29) is 10.8 Å². The highest BCUT2D eigenvalue weighted by Gasteiger charge is 2.57. The predicted octanol–water partition coefficient (Wildman–Crippen LogP) is 5.37. The molecule has 2 aromatic carbocycles. The largest absolute Gasteiger partial charge is 0.216 e. The number of pyridine rings is 1. The van der Waals surface area contributed by atoms with Crippen LogP contribution in [0.5, 0.6) is 0 Å². The molecule has 1 nitrogen and oxygen atoms in total. The molecule has 0 aliphatic heterocycles. The Labute approximate surface area is 156 Å². The first-order chi connectivity index (χ1) is 12.3. The molecule has 1 heteroatoms. The highest BCUT2D eigenvalue weighted by Crippen LogP contribution is 2.63. The van der Waals surface area contributed by atoms with Crippen LogP contribution in [0.25, 0.3) is 22.4 Å². The van der Waals surface area contributed by atoms with Gasteiger partial charge in [-0.3, -0.25) is 0 Å². The third-order valence-electron chi connectivity index (χ3n) is 7.26. The summed E-state index contributed by atoms with van der Waals surface area (Å²) in [5, 5.41) is 0. The fourth-order valence-corrected chi connectivity index (χ4v) is 5.54. The summed E-state index contributed by atoms with van der Waals surface area (Å²) in [5.41, 5.74) is 12.8. The fourth-order valence-electron chi connectivity index (χ4n) is 5.54. The molecule has 3 aromatic rings. The quantitative estimate of drug-likeness (QED) is 0.484. The van der Waals surface area contributed by atoms with Gasteiger partial charge in [-0.2, -0.15) is 0 Å². The molecule has 0 saturated heterocycles. The number of aryl methyl sites for hydroxylation is 3. The summed E-state index contributed by atoms with van der Waals surface area (Å²) >= 11 is 0. The smallest absolute Gasteiger partial charge is 0.201 e. The number of rotatable bonds is 0. The molecule has 2 aliphatic carbocycles. The summed E-state index contributed by atoms with van der Waals surface area (Å²) in [7, 11) is 2.18. The third kappa shape index (κ3) is 1.56. The lowest BCUT2D eigenvalue weighted by molar-refractivity contribution is -0.661. The van der Waals surface area contributed by atoms with Crippen molar-refractivity contribution in [2.45, 2.75) is 45.4 Å². The van der Waals surface area contributed by atoms with Crippen LogP contribution < -0.4 is 4.57 Å². The van der Waals surface area contributed by atoms with Crippen LogP contribution >= 0.6 is 0 Å². The summed E-state index contributed by atoms with van der Waals surface area (Å²) in [6, 6.07) is 16.2. The van der Waals surface area contributed by atoms with Crippen molar-refractivity contribution < 1.29 is 4.57 Å². The molecule has 0 fully saturated rings. The number of benzene rings is 2. The van der Waals surface area contributed by atoms with E-state index in [9.17, 15) is 0 Å². The number of fused-ring (bicyclic) bond motifs is 5. The Hall–Kier alpha value is -2.41. The molecular formula is C25H26N+. The van der Waals surface area contributed by atoms with E-state index in [0.29, 0.717) is 0 Å². The molecule has 0 amide bonds. The molecule has 0 saturated carbocycles. The molecule has 2 aliphatic rings. The van der Waals surface area contributed by atoms with Crippen molar-refractivity contribution >= 4 is 0 Å². The molecule has 0 bridgehead atoms. The average Bonchev–Trinajstić information content (AvgIpc) is 2.85. The van der Waals surface area contributed by atoms with E-state index < -0.39 is 0 Å². The number of nitrogens with zero attached hydrogens (tertiary/aromatic N) is 1. The van der Waals surface area contributed by atoms with Crippen molar-refractivity contribution in [3.63, 3.8) is 0 Å². The zero-order valence-electron chi connectivity index (χ0n) is 16.6. The molecule has 130 valence electrons. The Kier molecular flexibility index (Phi) is 2.83. The van der Waals surface area contributed by atoms with Gasteiger partial charge in [0.1, 0.15) is 7.05 Å². The van der Waals surface area contributed by atoms with E-state index in [1.165, 1.54) is 50.2 Å². The summed E-state index contributed by atoms with van der Waals surface area (Å²) in [5.74, 6) is 0. The molecule has 0 N–H and O–H groups in total. The third-order valence-corrected chi connectivity index (χ3v) is 7.26. The monoisotopic (exact) mass is 340 g/mol. The molecule has 1 unspecified atom stereocenters. The molecule has 1 aromatic heterocycles. The minimum absolute atomic E-state index is 0.00986. The van der Waals surface area contributed by atoms with Crippen molar-refractivity contribution in [3.05, 3.63) is 76.5 Å². The Balaban J connectivity index is 2.05. The van der Waals surface area contributed by atoms with Gasteiger partial charge in [-0.1, -0.05) is 56.7 Å². The van der Waals surface area contributed by atoms with Gasteiger partial charge < -0.3 is 0 Å². The number of aromatic nitrogens is 1. The van der Waals surface area contributed by atoms with Crippen molar-refractivity contribution in [2.75, 3.05) is 0 Å². The first kappa shape index (κ1) is 15.8. The zero-order chi connectivity index (χ0) is 18.4. The van der Waals surface area contributed by atoms with Crippen molar-refractivity contribution in [1.82, 2.24) is 0 Å². The Morgan fingerprint density at radius 3 is 2.35 bits per heavy atom. The van der Waals surface area contributed by atoms with E-state index in [2.05, 4.69) is 94.9 Å². The van der Waals surface area contributed by atoms with Crippen LogP contribution in [0.2, 0.25) is 0 Å². The predicted molar refractivity (Wildman–Crippen MR) is 107 cm³/mol. The van der Waals surface area contributed by atoms with Crippen LogP contribution in [-0.2, 0) is 17.9 Å². The molecule has 26 heavy (non-hydrogen) atoms. The van der Waals surface area contributed by atoms with Gasteiger partial charge in [0.25, 0.3) is 0 Å². The highest BCUT2D eigenvalue weighted by molar-refractivity contribution is 5.92. The van der Waals surface area contributed by atoms with E-state index in [1.54, 1.807) is 0 Å². The minimum atomic E-state index is -0.0214. The second kappa shape index (κ2) is 4.65. The number of hydrogen-bond donors (Lipinski definition) is 0. The molecule has 5 rings (SSSR count). The molecule has 1 atom stereocenters. The number of hydrogen-bond acceptors (Lipinski definition) is 0. The van der Waals surface area contributed by atoms with Gasteiger partial charge in [-0.25, -0.2) is 4.57 Å².